The van der Waals surface area contributed by atoms with Crippen LogP contribution in [-0.4, -0.2) is 69.9 Å². The number of ether oxygens (including phenoxy) is 5. The zero-order chi connectivity index (χ0) is 34.2. The van der Waals surface area contributed by atoms with Gasteiger partial charge in [0.05, 0.1) is 12.7 Å². The number of aromatic nitrogens is 3. The minimum absolute atomic E-state index is 0.171. The van der Waals surface area contributed by atoms with E-state index in [1.807, 2.05) is 68.6 Å². The third-order valence-electron chi connectivity index (χ3n) is 8.86. The van der Waals surface area contributed by atoms with E-state index in [-0.39, 0.29) is 11.9 Å². The van der Waals surface area contributed by atoms with Gasteiger partial charge < -0.3 is 29.0 Å². The molecule has 2 aliphatic rings. The van der Waals surface area contributed by atoms with Crippen LogP contribution in [-0.2, 0) is 46.4 Å². The lowest BCUT2D eigenvalue weighted by molar-refractivity contribution is -0.248. The molecule has 0 spiro atoms. The highest BCUT2D eigenvalue weighted by Gasteiger charge is 2.56. The van der Waals surface area contributed by atoms with E-state index in [4.69, 9.17) is 23.7 Å². The smallest absolute Gasteiger partial charge is 0.306 e. The molecule has 0 radical (unpaired) electrons. The molecule has 3 heterocycles. The van der Waals surface area contributed by atoms with Crippen molar-refractivity contribution in [2.75, 3.05) is 6.61 Å². The molecule has 5 atom stereocenters. The maximum atomic E-state index is 12.3. The number of nitrogens with one attached hydrogen (secondary N) is 1. The maximum Gasteiger partial charge on any atom is 0.306 e. The fourth-order valence-electron chi connectivity index (χ4n) is 6.51. The fourth-order valence-corrected chi connectivity index (χ4v) is 6.51. The minimum atomic E-state index is -0.866. The second kappa shape index (κ2) is 16.0. The molecular weight excluding hydrogens is 624 g/mol. The zero-order valence-corrected chi connectivity index (χ0v) is 28.5. The summed E-state index contributed by atoms with van der Waals surface area (Å²) in [4.78, 5) is 24.4. The Kier molecular flexibility index (Phi) is 11.4. The molecule has 2 fully saturated rings. The monoisotopic (exact) mass is 670 g/mol. The first-order chi connectivity index (χ1) is 23.7. The van der Waals surface area contributed by atoms with Gasteiger partial charge in [-0.2, -0.15) is 0 Å². The summed E-state index contributed by atoms with van der Waals surface area (Å²) in [5.74, 6) is -1.24. The molecule has 11 nitrogen and oxygen atoms in total. The summed E-state index contributed by atoms with van der Waals surface area (Å²) in [6.07, 6.45) is 4.61. The molecule has 0 bridgehead atoms. The molecule has 2 aliphatic heterocycles. The van der Waals surface area contributed by atoms with Crippen LogP contribution >= 0.6 is 0 Å². The van der Waals surface area contributed by atoms with Gasteiger partial charge in [0.15, 0.2) is 12.1 Å². The number of benzene rings is 3. The number of nitrogens with zero attached hydrogens (tertiary/aromatic N) is 3. The Morgan fingerprint density at radius 1 is 0.898 bits per heavy atom. The molecule has 3 aromatic carbocycles. The Labute approximate surface area is 287 Å². The van der Waals surface area contributed by atoms with Crippen molar-refractivity contribution < 1.29 is 33.3 Å². The van der Waals surface area contributed by atoms with Crippen LogP contribution in [0.3, 0.4) is 0 Å². The molecule has 2 saturated heterocycles. The van der Waals surface area contributed by atoms with E-state index in [9.17, 15) is 9.59 Å². The molecular formula is C38H46N4O7. The number of unbranched alkanes of at least 4 members (excludes halogenated alkanes) is 4. The predicted molar refractivity (Wildman–Crippen MR) is 183 cm³/mol. The van der Waals surface area contributed by atoms with Gasteiger partial charge in [0.1, 0.15) is 36.7 Å². The molecule has 49 heavy (non-hydrogen) atoms. The molecule has 0 saturated carbocycles. The standard InChI is InChI=1S/C38H46N4O7/c1-26(43)39-34-36-35(48-38(2,3)49-36)32(24-42-23-31(40-41-42)30-20-19-28-16-11-12-17-29(28)22-30)47-37(34)45-21-13-6-4-5-10-18-33(44)46-25-27-14-8-7-9-15-27/h7-9,11-12,14-17,19-20,22-23,32,34-37H,4-6,10,13,18,21,24-25H2,1-3H3,(H,39,43). The second-order valence-corrected chi connectivity index (χ2v) is 13.3. The Hall–Kier alpha value is -4.16. The van der Waals surface area contributed by atoms with Gasteiger partial charge >= 0.3 is 5.97 Å². The van der Waals surface area contributed by atoms with Gasteiger partial charge in [-0.1, -0.05) is 91.2 Å². The molecule has 6 rings (SSSR count). The van der Waals surface area contributed by atoms with Gasteiger partial charge in [-0.25, -0.2) is 4.68 Å². The van der Waals surface area contributed by atoms with Gasteiger partial charge in [-0.3, -0.25) is 9.59 Å². The largest absolute Gasteiger partial charge is 0.461 e. The SMILES string of the molecule is CC(=O)NC1C(OCCCCCCCC(=O)OCc2ccccc2)OC(Cn2cc(-c3ccc4ccccc4c3)nn2)C2OC(C)(C)OC12. The fraction of sp³-hybridized carbons (Fsp3) is 0.474. The first-order valence-corrected chi connectivity index (χ1v) is 17.2. The average molecular weight is 671 g/mol. The van der Waals surface area contributed by atoms with Gasteiger partial charge in [-0.05, 0) is 49.1 Å². The number of amides is 1. The van der Waals surface area contributed by atoms with Gasteiger partial charge in [0.2, 0.25) is 5.91 Å². The Balaban J connectivity index is 1.01. The molecule has 5 unspecified atom stereocenters. The first-order valence-electron chi connectivity index (χ1n) is 17.2. The summed E-state index contributed by atoms with van der Waals surface area (Å²) in [6, 6.07) is 23.6. The maximum absolute atomic E-state index is 12.3. The number of hydrogen-bond acceptors (Lipinski definition) is 9. The zero-order valence-electron chi connectivity index (χ0n) is 28.5. The average Bonchev–Trinajstić information content (AvgIpc) is 3.70. The van der Waals surface area contributed by atoms with Crippen molar-refractivity contribution in [2.45, 2.75) is 109 Å². The number of carbonyl (C=O) groups excluding carboxylic acids is 2. The van der Waals surface area contributed by atoms with Crippen molar-refractivity contribution in [1.82, 2.24) is 20.3 Å². The summed E-state index contributed by atoms with van der Waals surface area (Å²) in [6.45, 7) is 6.31. The van der Waals surface area contributed by atoms with Crippen molar-refractivity contribution in [3.8, 4) is 11.3 Å². The predicted octanol–water partition coefficient (Wildman–Crippen LogP) is 5.95. The lowest BCUT2D eigenvalue weighted by Crippen LogP contribution is -2.63. The van der Waals surface area contributed by atoms with Crippen molar-refractivity contribution >= 4 is 22.6 Å². The molecule has 11 heteroatoms. The van der Waals surface area contributed by atoms with E-state index >= 15 is 0 Å². The van der Waals surface area contributed by atoms with Crippen molar-refractivity contribution in [3.63, 3.8) is 0 Å². The van der Waals surface area contributed by atoms with E-state index in [2.05, 4.69) is 39.9 Å². The van der Waals surface area contributed by atoms with Gasteiger partial charge in [-0.15, -0.1) is 5.10 Å². The summed E-state index contributed by atoms with van der Waals surface area (Å²) >= 11 is 0. The molecule has 1 N–H and O–H groups in total. The van der Waals surface area contributed by atoms with E-state index in [0.29, 0.717) is 26.2 Å². The molecule has 260 valence electrons. The number of carbonyl (C=O) groups is 2. The van der Waals surface area contributed by atoms with Crippen LogP contribution in [0.2, 0.25) is 0 Å². The van der Waals surface area contributed by atoms with Gasteiger partial charge in [0, 0.05) is 25.5 Å². The van der Waals surface area contributed by atoms with Crippen LogP contribution in [0.5, 0.6) is 0 Å². The van der Waals surface area contributed by atoms with Crippen LogP contribution in [0.25, 0.3) is 22.0 Å². The van der Waals surface area contributed by atoms with Crippen molar-refractivity contribution in [3.05, 3.63) is 84.6 Å². The normalized spacial score (nSPS) is 22.9. The summed E-state index contributed by atoms with van der Waals surface area (Å²) in [5.41, 5.74) is 2.72. The van der Waals surface area contributed by atoms with Crippen LogP contribution in [0, 0.1) is 0 Å². The van der Waals surface area contributed by atoms with E-state index in [0.717, 1.165) is 59.7 Å². The molecule has 1 aromatic heterocycles. The first kappa shape index (κ1) is 34.7. The highest BCUT2D eigenvalue weighted by molar-refractivity contribution is 5.86. The van der Waals surface area contributed by atoms with E-state index < -0.39 is 36.4 Å². The topological polar surface area (TPSA) is 123 Å². The van der Waals surface area contributed by atoms with Crippen molar-refractivity contribution in [1.29, 1.82) is 0 Å². The van der Waals surface area contributed by atoms with Crippen LogP contribution in [0.4, 0.5) is 0 Å². The number of rotatable bonds is 15. The third-order valence-corrected chi connectivity index (χ3v) is 8.86. The Bertz CT molecular complexity index is 1690. The number of fused-ring (bicyclic) bond motifs is 2. The minimum Gasteiger partial charge on any atom is -0.461 e. The summed E-state index contributed by atoms with van der Waals surface area (Å²) in [7, 11) is 0. The lowest BCUT2D eigenvalue weighted by atomic mass is 9.96. The van der Waals surface area contributed by atoms with E-state index in [1.54, 1.807) is 4.68 Å². The third kappa shape index (κ3) is 9.30. The molecule has 1 amide bonds. The van der Waals surface area contributed by atoms with Crippen LogP contribution < -0.4 is 5.32 Å². The Morgan fingerprint density at radius 3 is 2.45 bits per heavy atom. The Morgan fingerprint density at radius 2 is 1.63 bits per heavy atom. The van der Waals surface area contributed by atoms with Gasteiger partial charge in [0.25, 0.3) is 0 Å². The van der Waals surface area contributed by atoms with E-state index in [1.165, 1.54) is 6.92 Å². The molecule has 4 aromatic rings. The highest BCUT2D eigenvalue weighted by atomic mass is 16.8. The lowest BCUT2D eigenvalue weighted by Gasteiger charge is -2.42. The quantitative estimate of drug-likeness (QED) is 0.121. The van der Waals surface area contributed by atoms with Crippen LogP contribution in [0.1, 0.15) is 64.9 Å². The number of hydrogen-bond donors (Lipinski definition) is 1. The van der Waals surface area contributed by atoms with Crippen LogP contribution in [0.15, 0.2) is 79.0 Å². The second-order valence-electron chi connectivity index (χ2n) is 13.3. The number of esters is 1. The highest BCUT2D eigenvalue weighted by Crippen LogP contribution is 2.38. The summed E-state index contributed by atoms with van der Waals surface area (Å²) < 4.78 is 32.6. The molecule has 0 aliphatic carbocycles. The summed E-state index contributed by atoms with van der Waals surface area (Å²) in [5, 5.41) is 14.1. The van der Waals surface area contributed by atoms with Crippen molar-refractivity contribution in [2.24, 2.45) is 0 Å².